The molecular weight excluding hydrogens is 967 g/mol. The van der Waals surface area contributed by atoms with Crippen molar-refractivity contribution in [2.24, 2.45) is 0 Å². The van der Waals surface area contributed by atoms with Crippen LogP contribution in [-0.4, -0.2) is 110 Å². The zero-order valence-corrected chi connectivity index (χ0v) is 50.5. The van der Waals surface area contributed by atoms with Gasteiger partial charge < -0.3 is 50.5 Å². The number of allylic oxidation sites excluding steroid dienone is 2. The molecule has 0 radical (unpaired) electrons. The molecule has 77 heavy (non-hydrogen) atoms. The number of aliphatic hydroxyl groups excluding tert-OH is 7. The predicted octanol–water partition coefficient (Wildman–Crippen LogP) is 15.5. The molecule has 8 N–H and O–H groups in total. The lowest BCUT2D eigenvalue weighted by molar-refractivity contribution is -0.303. The summed E-state index contributed by atoms with van der Waals surface area (Å²) in [5.74, 6) is -0.698. The van der Waals surface area contributed by atoms with Crippen LogP contribution in [0.25, 0.3) is 0 Å². The molecule has 0 spiro atoms. The summed E-state index contributed by atoms with van der Waals surface area (Å²) < 4.78 is 11.2. The van der Waals surface area contributed by atoms with Crippen molar-refractivity contribution < 1.29 is 50.0 Å². The fourth-order valence-electron chi connectivity index (χ4n) is 11.2. The number of hydrogen-bond donors (Lipinski definition) is 8. The van der Waals surface area contributed by atoms with Gasteiger partial charge in [0.2, 0.25) is 5.91 Å². The first-order valence-corrected chi connectivity index (χ1v) is 33.6. The third kappa shape index (κ3) is 43.2. The third-order valence-electron chi connectivity index (χ3n) is 16.6. The van der Waals surface area contributed by atoms with Crippen molar-refractivity contribution in [3.8, 4) is 0 Å². The van der Waals surface area contributed by atoms with E-state index in [1.165, 1.54) is 257 Å². The van der Waals surface area contributed by atoms with E-state index in [4.69, 9.17) is 9.47 Å². The predicted molar refractivity (Wildman–Crippen MR) is 321 cm³/mol. The molecule has 0 saturated carbocycles. The van der Waals surface area contributed by atoms with Crippen LogP contribution < -0.4 is 5.32 Å². The molecule has 0 aliphatic carbocycles. The van der Waals surface area contributed by atoms with Gasteiger partial charge in [0.05, 0.1) is 25.4 Å². The Morgan fingerprint density at radius 3 is 1.12 bits per heavy atom. The van der Waals surface area contributed by atoms with E-state index in [2.05, 4.69) is 31.3 Å². The number of ether oxygens (including phenoxy) is 2. The summed E-state index contributed by atoms with van der Waals surface area (Å²) in [5.41, 5.74) is 0. The van der Waals surface area contributed by atoms with Crippen LogP contribution >= 0.6 is 0 Å². The molecular formula is C66H129NO10. The van der Waals surface area contributed by atoms with Gasteiger partial charge >= 0.3 is 0 Å². The van der Waals surface area contributed by atoms with E-state index >= 15 is 0 Å². The van der Waals surface area contributed by atoms with E-state index in [0.717, 1.165) is 38.5 Å². The summed E-state index contributed by atoms with van der Waals surface area (Å²) in [6.45, 7) is 3.50. The van der Waals surface area contributed by atoms with Crippen LogP contribution in [0.1, 0.15) is 335 Å². The molecule has 1 aliphatic rings. The summed E-state index contributed by atoms with van der Waals surface area (Å²) in [6.07, 6.45) is 55.8. The Morgan fingerprint density at radius 1 is 0.442 bits per heavy atom. The Bertz CT molecular complexity index is 1260. The van der Waals surface area contributed by atoms with E-state index in [9.17, 15) is 40.5 Å². The van der Waals surface area contributed by atoms with Gasteiger partial charge in [-0.05, 0) is 38.5 Å². The van der Waals surface area contributed by atoms with Crippen molar-refractivity contribution in [2.45, 2.75) is 390 Å². The van der Waals surface area contributed by atoms with Crippen molar-refractivity contribution >= 4 is 5.91 Å². The first-order valence-electron chi connectivity index (χ1n) is 33.6. The molecule has 1 saturated heterocycles. The number of unbranched alkanes of at least 4 members (excludes halogenated alkanes) is 45. The van der Waals surface area contributed by atoms with E-state index in [1.807, 2.05) is 0 Å². The molecule has 0 aromatic heterocycles. The van der Waals surface area contributed by atoms with Crippen LogP contribution in [-0.2, 0) is 14.3 Å². The number of rotatable bonds is 59. The molecule has 11 nitrogen and oxygen atoms in total. The maximum absolute atomic E-state index is 13.2. The van der Waals surface area contributed by atoms with Gasteiger partial charge in [0.15, 0.2) is 6.29 Å². The highest BCUT2D eigenvalue weighted by Crippen LogP contribution is 2.24. The normalized spacial score (nSPS) is 19.5. The number of nitrogens with one attached hydrogen (secondary N) is 1. The lowest BCUT2D eigenvalue weighted by Crippen LogP contribution is -2.60. The van der Waals surface area contributed by atoms with Crippen LogP contribution in [0.5, 0.6) is 0 Å². The van der Waals surface area contributed by atoms with Crippen LogP contribution in [0, 0.1) is 0 Å². The maximum atomic E-state index is 13.2. The van der Waals surface area contributed by atoms with Crippen LogP contribution in [0.2, 0.25) is 0 Å². The van der Waals surface area contributed by atoms with Crippen molar-refractivity contribution in [3.63, 3.8) is 0 Å². The molecule has 1 fully saturated rings. The summed E-state index contributed by atoms with van der Waals surface area (Å²) in [4.78, 5) is 13.2. The fourth-order valence-corrected chi connectivity index (χ4v) is 11.2. The van der Waals surface area contributed by atoms with E-state index in [-0.39, 0.29) is 12.8 Å². The van der Waals surface area contributed by atoms with Crippen LogP contribution in [0.4, 0.5) is 0 Å². The molecule has 1 aliphatic heterocycles. The molecule has 1 heterocycles. The highest BCUT2D eigenvalue weighted by atomic mass is 16.7. The quantitative estimate of drug-likeness (QED) is 0.0215. The molecule has 11 heteroatoms. The van der Waals surface area contributed by atoms with Gasteiger partial charge in [0, 0.05) is 0 Å². The second-order valence-corrected chi connectivity index (χ2v) is 23.9. The average molecular weight is 1100 g/mol. The number of carbonyl (C=O) groups excluding carboxylic acids is 1. The summed E-state index contributed by atoms with van der Waals surface area (Å²) in [6, 6.07) is -1.18. The Balaban J connectivity index is 2.23. The molecule has 9 atom stereocenters. The molecule has 1 rings (SSSR count). The van der Waals surface area contributed by atoms with Gasteiger partial charge in [0.1, 0.15) is 36.6 Å². The van der Waals surface area contributed by atoms with Gasteiger partial charge in [-0.2, -0.15) is 0 Å². The number of aliphatic hydroxyl groups is 7. The first kappa shape index (κ1) is 73.9. The molecule has 0 aromatic rings. The summed E-state index contributed by atoms with van der Waals surface area (Å²) in [7, 11) is 0. The first-order chi connectivity index (χ1) is 37.7. The van der Waals surface area contributed by atoms with Crippen LogP contribution in [0.3, 0.4) is 0 Å². The topological polar surface area (TPSA) is 189 Å². The smallest absolute Gasteiger partial charge is 0.249 e. The lowest BCUT2D eigenvalue weighted by Gasteiger charge is -2.40. The van der Waals surface area contributed by atoms with Gasteiger partial charge in [-0.1, -0.05) is 309 Å². The number of carbonyl (C=O) groups is 1. The standard InChI is InChI=1S/C66H129NO10/c1-3-5-7-9-11-13-15-17-19-21-23-25-27-28-29-30-31-32-34-35-37-39-41-43-45-47-49-51-53-58(69)61(71)57(56-76-66-64(74)63(73)62(72)60(55-68)77-66)67-65(75)59(70)54-52-50-48-46-44-42-40-38-36-33-26-24-22-20-18-16-14-12-10-8-6-4-2/h45,47,57-64,66,68-74H,3-44,46,48-56H2,1-2H3,(H,67,75)/b47-45+. The lowest BCUT2D eigenvalue weighted by atomic mass is 9.98. The minimum atomic E-state index is -1.67. The molecule has 1 amide bonds. The average Bonchev–Trinajstić information content (AvgIpc) is 3.43. The van der Waals surface area contributed by atoms with E-state index in [0.29, 0.717) is 12.8 Å². The summed E-state index contributed by atoms with van der Waals surface area (Å²) in [5, 5.41) is 76.4. The van der Waals surface area contributed by atoms with Gasteiger partial charge in [-0.3, -0.25) is 4.79 Å². The Kier molecular flexibility index (Phi) is 53.1. The van der Waals surface area contributed by atoms with E-state index < -0.39 is 74.2 Å². The van der Waals surface area contributed by atoms with Crippen LogP contribution in [0.15, 0.2) is 12.2 Å². The minimum Gasteiger partial charge on any atom is -0.394 e. The maximum Gasteiger partial charge on any atom is 0.249 e. The fraction of sp³-hybridized carbons (Fsp3) is 0.955. The molecule has 9 unspecified atom stereocenters. The monoisotopic (exact) mass is 1100 g/mol. The minimum absolute atomic E-state index is 0.260. The Morgan fingerprint density at radius 2 is 0.766 bits per heavy atom. The molecule has 458 valence electrons. The van der Waals surface area contributed by atoms with Crippen molar-refractivity contribution in [1.29, 1.82) is 0 Å². The summed E-state index contributed by atoms with van der Waals surface area (Å²) >= 11 is 0. The van der Waals surface area contributed by atoms with Crippen molar-refractivity contribution in [3.05, 3.63) is 12.2 Å². The highest BCUT2D eigenvalue weighted by Gasteiger charge is 2.44. The zero-order chi connectivity index (χ0) is 56.1. The molecule has 0 bridgehead atoms. The highest BCUT2D eigenvalue weighted by molar-refractivity contribution is 5.80. The van der Waals surface area contributed by atoms with Crippen molar-refractivity contribution in [2.75, 3.05) is 13.2 Å². The second kappa shape index (κ2) is 55.4. The van der Waals surface area contributed by atoms with E-state index in [1.54, 1.807) is 0 Å². The Hall–Kier alpha value is -1.15. The Labute approximate surface area is 474 Å². The van der Waals surface area contributed by atoms with Gasteiger partial charge in [-0.25, -0.2) is 0 Å². The van der Waals surface area contributed by atoms with Gasteiger partial charge in [-0.15, -0.1) is 0 Å². The largest absolute Gasteiger partial charge is 0.394 e. The number of amides is 1. The number of hydrogen-bond acceptors (Lipinski definition) is 10. The van der Waals surface area contributed by atoms with Crippen molar-refractivity contribution in [1.82, 2.24) is 5.32 Å². The third-order valence-corrected chi connectivity index (χ3v) is 16.6. The second-order valence-electron chi connectivity index (χ2n) is 23.9. The zero-order valence-electron chi connectivity index (χ0n) is 50.5. The molecule has 0 aromatic carbocycles. The van der Waals surface area contributed by atoms with Gasteiger partial charge in [0.25, 0.3) is 0 Å². The SMILES string of the molecule is CCCCCCCCCCCCCCCCCCCCCCCCC/C=C/CCCC(O)C(O)C(COC1OC(CO)C(O)C(O)C1O)NC(=O)C(O)CCCCCCCCCCCCCCCCCCCCCCCC.